The lowest BCUT2D eigenvalue weighted by Crippen LogP contribution is -2.08. The van der Waals surface area contributed by atoms with E-state index < -0.39 is 8.60 Å². The molecule has 0 N–H and O–H groups in total. The quantitative estimate of drug-likeness (QED) is 0.739. The third-order valence-corrected chi connectivity index (χ3v) is 3.47. The lowest BCUT2D eigenvalue weighted by atomic mass is 10.1. The Labute approximate surface area is 91.4 Å². The average molecular weight is 226 g/mol. The van der Waals surface area contributed by atoms with Gasteiger partial charge in [-0.1, -0.05) is 30.3 Å². The first-order valence-electron chi connectivity index (χ1n) is 5.14. The maximum absolute atomic E-state index is 5.70. The summed E-state index contributed by atoms with van der Waals surface area (Å²) in [6, 6.07) is 10.1. The predicted octanol–water partition coefficient (Wildman–Crippen LogP) is 3.43. The van der Waals surface area contributed by atoms with Gasteiger partial charge in [-0.05, 0) is 18.9 Å². The summed E-state index contributed by atoms with van der Waals surface area (Å²) in [6.45, 7) is 3.50. The van der Waals surface area contributed by atoms with Crippen LogP contribution in [-0.2, 0) is 13.6 Å². The van der Waals surface area contributed by atoms with Gasteiger partial charge in [-0.15, -0.1) is 0 Å². The van der Waals surface area contributed by atoms with Gasteiger partial charge in [-0.3, -0.25) is 0 Å². The standard InChI is InChI=1S/C11H15O3P/c1-10(11-6-3-2-4-7-11)14-15-12-8-5-9-13-15/h2-4,6-7,10H,5,8-9H2,1H3/t10-/m1/s1. The van der Waals surface area contributed by atoms with Crippen LogP contribution in [0, 0.1) is 0 Å². The van der Waals surface area contributed by atoms with Crippen LogP contribution in [0.5, 0.6) is 0 Å². The van der Waals surface area contributed by atoms with E-state index in [9.17, 15) is 0 Å². The Morgan fingerprint density at radius 3 is 2.53 bits per heavy atom. The monoisotopic (exact) mass is 226 g/mol. The average Bonchev–Trinajstić information content (AvgIpc) is 2.31. The van der Waals surface area contributed by atoms with Crippen LogP contribution in [0.2, 0.25) is 0 Å². The summed E-state index contributed by atoms with van der Waals surface area (Å²) >= 11 is 0. The smallest absolute Gasteiger partial charge is 0.312 e. The first-order valence-corrected chi connectivity index (χ1v) is 6.23. The second-order valence-electron chi connectivity index (χ2n) is 3.40. The van der Waals surface area contributed by atoms with Crippen molar-refractivity contribution in [2.24, 2.45) is 0 Å². The molecule has 1 saturated heterocycles. The molecule has 0 spiro atoms. The molecule has 1 aliphatic rings. The van der Waals surface area contributed by atoms with Crippen molar-refractivity contribution >= 4 is 8.60 Å². The number of hydrogen-bond donors (Lipinski definition) is 0. The van der Waals surface area contributed by atoms with Gasteiger partial charge in [0.05, 0.1) is 19.3 Å². The third-order valence-electron chi connectivity index (χ3n) is 2.20. The van der Waals surface area contributed by atoms with E-state index in [1.807, 2.05) is 37.3 Å². The van der Waals surface area contributed by atoms with Crippen molar-refractivity contribution in [3.8, 4) is 0 Å². The summed E-state index contributed by atoms with van der Waals surface area (Å²) in [5, 5.41) is 0. The van der Waals surface area contributed by atoms with Gasteiger partial charge < -0.3 is 13.6 Å². The molecule has 3 nitrogen and oxygen atoms in total. The van der Waals surface area contributed by atoms with Crippen LogP contribution in [0.15, 0.2) is 30.3 Å². The topological polar surface area (TPSA) is 27.7 Å². The third kappa shape index (κ3) is 3.25. The SMILES string of the molecule is C[C@@H](OP1OCCCO1)c1ccccc1. The van der Waals surface area contributed by atoms with Crippen LogP contribution in [0.4, 0.5) is 0 Å². The Hall–Kier alpha value is -0.470. The van der Waals surface area contributed by atoms with Crippen LogP contribution in [-0.4, -0.2) is 13.2 Å². The molecule has 1 fully saturated rings. The van der Waals surface area contributed by atoms with Gasteiger partial charge in [0.15, 0.2) is 0 Å². The molecule has 0 radical (unpaired) electrons. The molecule has 1 aromatic rings. The highest BCUT2D eigenvalue weighted by Crippen LogP contribution is 2.46. The molecule has 82 valence electrons. The van der Waals surface area contributed by atoms with Gasteiger partial charge >= 0.3 is 8.60 Å². The minimum Gasteiger partial charge on any atom is -0.312 e. The molecule has 1 aromatic carbocycles. The molecule has 2 rings (SSSR count). The highest BCUT2D eigenvalue weighted by Gasteiger charge is 2.20. The van der Waals surface area contributed by atoms with Crippen LogP contribution >= 0.6 is 8.60 Å². The van der Waals surface area contributed by atoms with Crippen LogP contribution in [0.25, 0.3) is 0 Å². The number of benzene rings is 1. The number of hydrogen-bond acceptors (Lipinski definition) is 3. The Bertz CT molecular complexity index is 285. The van der Waals surface area contributed by atoms with E-state index in [-0.39, 0.29) is 6.10 Å². The largest absolute Gasteiger partial charge is 0.333 e. The van der Waals surface area contributed by atoms with Crippen molar-refractivity contribution in [2.45, 2.75) is 19.4 Å². The van der Waals surface area contributed by atoms with Gasteiger partial charge in [-0.2, -0.15) is 0 Å². The Balaban J connectivity index is 1.88. The lowest BCUT2D eigenvalue weighted by molar-refractivity contribution is 0.0917. The molecular formula is C11H15O3P. The van der Waals surface area contributed by atoms with Crippen molar-refractivity contribution < 1.29 is 13.6 Å². The molecule has 1 atom stereocenters. The molecule has 0 unspecified atom stereocenters. The fourth-order valence-electron chi connectivity index (χ4n) is 1.35. The molecule has 0 aliphatic carbocycles. The minimum atomic E-state index is -1.13. The fourth-order valence-corrected chi connectivity index (χ4v) is 2.48. The van der Waals surface area contributed by atoms with E-state index in [0.717, 1.165) is 25.2 Å². The summed E-state index contributed by atoms with van der Waals surface area (Å²) < 4.78 is 16.5. The molecule has 0 amide bonds. The molecule has 4 heteroatoms. The van der Waals surface area contributed by atoms with Crippen molar-refractivity contribution in [3.63, 3.8) is 0 Å². The Morgan fingerprint density at radius 1 is 1.20 bits per heavy atom. The second-order valence-corrected chi connectivity index (χ2v) is 4.58. The Morgan fingerprint density at radius 2 is 1.87 bits per heavy atom. The van der Waals surface area contributed by atoms with E-state index >= 15 is 0 Å². The van der Waals surface area contributed by atoms with Gasteiger partial charge in [0.25, 0.3) is 0 Å². The molecule has 0 bridgehead atoms. The maximum atomic E-state index is 5.70. The second kappa shape index (κ2) is 5.57. The number of rotatable bonds is 3. The van der Waals surface area contributed by atoms with Gasteiger partial charge in [0.1, 0.15) is 0 Å². The molecule has 0 saturated carbocycles. The summed E-state index contributed by atoms with van der Waals surface area (Å²) in [6.07, 6.45) is 0.984. The summed E-state index contributed by atoms with van der Waals surface area (Å²) in [5.41, 5.74) is 1.15. The van der Waals surface area contributed by atoms with Gasteiger partial charge in [-0.25, -0.2) is 0 Å². The normalized spacial score (nSPS) is 20.1. The molecular weight excluding hydrogens is 211 g/mol. The highest BCUT2D eigenvalue weighted by molar-refractivity contribution is 7.41. The lowest BCUT2D eigenvalue weighted by Gasteiger charge is -2.24. The van der Waals surface area contributed by atoms with E-state index in [1.54, 1.807) is 0 Å². The van der Waals surface area contributed by atoms with E-state index in [1.165, 1.54) is 0 Å². The summed E-state index contributed by atoms with van der Waals surface area (Å²) in [4.78, 5) is 0. The van der Waals surface area contributed by atoms with Crippen molar-refractivity contribution in [1.29, 1.82) is 0 Å². The van der Waals surface area contributed by atoms with E-state index in [4.69, 9.17) is 13.6 Å². The van der Waals surface area contributed by atoms with Crippen LogP contribution < -0.4 is 0 Å². The Kier molecular flexibility index (Phi) is 4.09. The van der Waals surface area contributed by atoms with E-state index in [2.05, 4.69) is 0 Å². The first kappa shape index (κ1) is 11.0. The van der Waals surface area contributed by atoms with Crippen LogP contribution in [0.1, 0.15) is 25.0 Å². The van der Waals surface area contributed by atoms with Crippen LogP contribution in [0.3, 0.4) is 0 Å². The zero-order chi connectivity index (χ0) is 10.5. The summed E-state index contributed by atoms with van der Waals surface area (Å²) in [5.74, 6) is 0. The zero-order valence-electron chi connectivity index (χ0n) is 8.76. The summed E-state index contributed by atoms with van der Waals surface area (Å²) in [7, 11) is -1.13. The van der Waals surface area contributed by atoms with Crippen molar-refractivity contribution in [1.82, 2.24) is 0 Å². The van der Waals surface area contributed by atoms with Crippen molar-refractivity contribution in [2.75, 3.05) is 13.2 Å². The minimum absolute atomic E-state index is 0.0235. The molecule has 15 heavy (non-hydrogen) atoms. The molecule has 1 heterocycles. The maximum Gasteiger partial charge on any atom is 0.333 e. The molecule has 0 aromatic heterocycles. The first-order chi connectivity index (χ1) is 7.36. The fraction of sp³-hybridized carbons (Fsp3) is 0.455. The van der Waals surface area contributed by atoms with Gasteiger partial charge in [0, 0.05) is 0 Å². The highest BCUT2D eigenvalue weighted by atomic mass is 31.2. The molecule has 1 aliphatic heterocycles. The zero-order valence-corrected chi connectivity index (χ0v) is 9.65. The van der Waals surface area contributed by atoms with E-state index in [0.29, 0.717) is 0 Å². The van der Waals surface area contributed by atoms with Crippen molar-refractivity contribution in [3.05, 3.63) is 35.9 Å². The van der Waals surface area contributed by atoms with Gasteiger partial charge in [0.2, 0.25) is 0 Å². The predicted molar refractivity (Wildman–Crippen MR) is 59.4 cm³/mol.